The van der Waals surface area contributed by atoms with Crippen molar-refractivity contribution in [3.05, 3.63) is 35.9 Å². The second-order valence-electron chi connectivity index (χ2n) is 5.47. The average Bonchev–Trinajstić information content (AvgIpc) is 2.83. The van der Waals surface area contributed by atoms with Crippen LogP contribution in [0, 0.1) is 0 Å². The first kappa shape index (κ1) is 12.5. The SMILES string of the molecule is CN1CCC(N2CC(c3ccccc3)OC2=O)CC1. The van der Waals surface area contributed by atoms with Gasteiger partial charge in [-0.25, -0.2) is 4.79 Å². The van der Waals surface area contributed by atoms with E-state index in [0.29, 0.717) is 12.6 Å². The minimum Gasteiger partial charge on any atom is -0.439 e. The van der Waals surface area contributed by atoms with Crippen LogP contribution in [0.2, 0.25) is 0 Å². The van der Waals surface area contributed by atoms with Crippen LogP contribution >= 0.6 is 0 Å². The maximum atomic E-state index is 12.0. The molecule has 0 N–H and O–H groups in total. The molecular weight excluding hydrogens is 240 g/mol. The fraction of sp³-hybridized carbons (Fsp3) is 0.533. The van der Waals surface area contributed by atoms with Crippen LogP contribution in [0.3, 0.4) is 0 Å². The maximum Gasteiger partial charge on any atom is 0.410 e. The summed E-state index contributed by atoms with van der Waals surface area (Å²) in [7, 11) is 2.13. The number of hydrogen-bond acceptors (Lipinski definition) is 3. The fourth-order valence-electron chi connectivity index (χ4n) is 2.93. The Morgan fingerprint density at radius 3 is 2.53 bits per heavy atom. The van der Waals surface area contributed by atoms with Crippen molar-refractivity contribution in [2.24, 2.45) is 0 Å². The summed E-state index contributed by atoms with van der Waals surface area (Å²) in [4.78, 5) is 16.3. The molecule has 2 heterocycles. The first-order chi connectivity index (χ1) is 9.24. The number of benzene rings is 1. The molecule has 0 spiro atoms. The van der Waals surface area contributed by atoms with Crippen molar-refractivity contribution in [1.29, 1.82) is 0 Å². The van der Waals surface area contributed by atoms with Crippen molar-refractivity contribution in [2.45, 2.75) is 25.0 Å². The van der Waals surface area contributed by atoms with Crippen LogP contribution in [0.5, 0.6) is 0 Å². The van der Waals surface area contributed by atoms with Crippen molar-refractivity contribution in [2.75, 3.05) is 26.7 Å². The Balaban J connectivity index is 1.67. The third-order valence-corrected chi connectivity index (χ3v) is 4.14. The lowest BCUT2D eigenvalue weighted by Crippen LogP contribution is -2.44. The molecule has 1 unspecified atom stereocenters. The van der Waals surface area contributed by atoms with Crippen molar-refractivity contribution in [3.63, 3.8) is 0 Å². The van der Waals surface area contributed by atoms with E-state index in [1.165, 1.54) is 0 Å². The number of ether oxygens (including phenoxy) is 1. The van der Waals surface area contributed by atoms with Crippen molar-refractivity contribution in [1.82, 2.24) is 9.80 Å². The minimum atomic E-state index is -0.150. The van der Waals surface area contributed by atoms with E-state index in [1.54, 1.807) is 0 Å². The molecule has 19 heavy (non-hydrogen) atoms. The van der Waals surface area contributed by atoms with E-state index in [-0.39, 0.29) is 12.2 Å². The molecule has 1 aromatic carbocycles. The predicted octanol–water partition coefficient (Wildman–Crippen LogP) is 2.27. The summed E-state index contributed by atoms with van der Waals surface area (Å²) in [6.07, 6.45) is 1.84. The lowest BCUT2D eigenvalue weighted by molar-refractivity contribution is 0.116. The molecule has 1 amide bonds. The zero-order chi connectivity index (χ0) is 13.2. The van der Waals surface area contributed by atoms with Gasteiger partial charge in [-0.2, -0.15) is 0 Å². The summed E-state index contributed by atoms with van der Waals surface area (Å²) in [6.45, 7) is 2.81. The van der Waals surface area contributed by atoms with Gasteiger partial charge in [0.15, 0.2) is 0 Å². The van der Waals surface area contributed by atoms with E-state index in [9.17, 15) is 4.79 Å². The topological polar surface area (TPSA) is 32.8 Å². The fourth-order valence-corrected chi connectivity index (χ4v) is 2.93. The number of nitrogens with zero attached hydrogens (tertiary/aromatic N) is 2. The molecule has 1 atom stereocenters. The smallest absolute Gasteiger partial charge is 0.410 e. The Kier molecular flexibility index (Phi) is 3.42. The van der Waals surface area contributed by atoms with Gasteiger partial charge in [-0.15, -0.1) is 0 Å². The number of carbonyl (C=O) groups is 1. The molecule has 0 bridgehead atoms. The molecule has 1 aromatic rings. The van der Waals surface area contributed by atoms with Crippen LogP contribution in [0.1, 0.15) is 24.5 Å². The van der Waals surface area contributed by atoms with Crippen LogP contribution < -0.4 is 0 Å². The molecule has 2 aliphatic rings. The third kappa shape index (κ3) is 2.59. The van der Waals surface area contributed by atoms with Gasteiger partial charge in [0.25, 0.3) is 0 Å². The van der Waals surface area contributed by atoms with Crippen LogP contribution in [0.15, 0.2) is 30.3 Å². The molecule has 4 heteroatoms. The molecule has 0 aliphatic carbocycles. The highest BCUT2D eigenvalue weighted by Crippen LogP contribution is 2.29. The highest BCUT2D eigenvalue weighted by atomic mass is 16.6. The average molecular weight is 260 g/mol. The molecule has 3 rings (SSSR count). The Hall–Kier alpha value is -1.55. The second kappa shape index (κ2) is 5.21. The highest BCUT2D eigenvalue weighted by molar-refractivity contribution is 5.70. The number of carbonyl (C=O) groups excluding carboxylic acids is 1. The predicted molar refractivity (Wildman–Crippen MR) is 72.9 cm³/mol. The molecule has 2 aliphatic heterocycles. The molecule has 102 valence electrons. The van der Waals surface area contributed by atoms with Gasteiger partial charge in [-0.1, -0.05) is 30.3 Å². The number of hydrogen-bond donors (Lipinski definition) is 0. The quantitative estimate of drug-likeness (QED) is 0.818. The third-order valence-electron chi connectivity index (χ3n) is 4.14. The molecule has 0 aromatic heterocycles. The zero-order valence-corrected chi connectivity index (χ0v) is 11.3. The largest absolute Gasteiger partial charge is 0.439 e. The van der Waals surface area contributed by atoms with E-state index >= 15 is 0 Å². The van der Waals surface area contributed by atoms with Crippen LogP contribution in [0.4, 0.5) is 4.79 Å². The van der Waals surface area contributed by atoms with Crippen molar-refractivity contribution in [3.8, 4) is 0 Å². The monoisotopic (exact) mass is 260 g/mol. The number of amides is 1. The summed E-state index contributed by atoms with van der Waals surface area (Å²) >= 11 is 0. The van der Waals surface area contributed by atoms with E-state index in [4.69, 9.17) is 4.74 Å². The molecule has 2 fully saturated rings. The first-order valence-electron chi connectivity index (χ1n) is 6.95. The van der Waals surface area contributed by atoms with Gasteiger partial charge in [0.1, 0.15) is 6.10 Å². The molecule has 0 saturated carbocycles. The van der Waals surface area contributed by atoms with E-state index < -0.39 is 0 Å². The standard InChI is InChI=1S/C15H20N2O2/c1-16-9-7-13(8-10-16)17-11-14(19-15(17)18)12-5-3-2-4-6-12/h2-6,13-14H,7-11H2,1H3. The number of likely N-dealkylation sites (tertiary alicyclic amines) is 1. The highest BCUT2D eigenvalue weighted by Gasteiger charge is 2.37. The van der Waals surface area contributed by atoms with E-state index in [2.05, 4.69) is 11.9 Å². The Labute approximate surface area is 113 Å². The lowest BCUT2D eigenvalue weighted by Gasteiger charge is -2.33. The summed E-state index contributed by atoms with van der Waals surface area (Å²) < 4.78 is 5.51. The minimum absolute atomic E-state index is 0.103. The molecule has 2 saturated heterocycles. The number of rotatable bonds is 2. The molecule has 0 radical (unpaired) electrons. The normalized spacial score (nSPS) is 25.6. The second-order valence-corrected chi connectivity index (χ2v) is 5.47. The molecular formula is C15H20N2O2. The summed E-state index contributed by atoms with van der Waals surface area (Å²) in [5, 5.41) is 0. The summed E-state index contributed by atoms with van der Waals surface area (Å²) in [5.74, 6) is 0. The van der Waals surface area contributed by atoms with Crippen molar-refractivity contribution < 1.29 is 9.53 Å². The van der Waals surface area contributed by atoms with Crippen LogP contribution in [-0.4, -0.2) is 48.6 Å². The van der Waals surface area contributed by atoms with Gasteiger partial charge in [-0.3, -0.25) is 0 Å². The van der Waals surface area contributed by atoms with E-state index in [0.717, 1.165) is 31.5 Å². The summed E-state index contributed by atoms with van der Waals surface area (Å²) in [6, 6.07) is 10.3. The van der Waals surface area contributed by atoms with Crippen LogP contribution in [0.25, 0.3) is 0 Å². The number of cyclic esters (lactones) is 1. The molecule has 4 nitrogen and oxygen atoms in total. The first-order valence-corrected chi connectivity index (χ1v) is 6.95. The number of piperidine rings is 1. The lowest BCUT2D eigenvalue weighted by atomic mass is 10.0. The van der Waals surface area contributed by atoms with Gasteiger partial charge >= 0.3 is 6.09 Å². The van der Waals surface area contributed by atoms with Gasteiger partial charge in [-0.05, 0) is 38.5 Å². The van der Waals surface area contributed by atoms with Gasteiger partial charge in [0.2, 0.25) is 0 Å². The maximum absolute atomic E-state index is 12.0. The van der Waals surface area contributed by atoms with Gasteiger partial charge in [0.05, 0.1) is 6.54 Å². The Morgan fingerprint density at radius 2 is 1.84 bits per heavy atom. The van der Waals surface area contributed by atoms with Gasteiger partial charge in [0, 0.05) is 6.04 Å². The zero-order valence-electron chi connectivity index (χ0n) is 11.3. The van der Waals surface area contributed by atoms with Gasteiger partial charge < -0.3 is 14.5 Å². The Morgan fingerprint density at radius 1 is 1.16 bits per heavy atom. The summed E-state index contributed by atoms with van der Waals surface area (Å²) in [5.41, 5.74) is 1.09. The van der Waals surface area contributed by atoms with Crippen LogP contribution in [-0.2, 0) is 4.74 Å². The van der Waals surface area contributed by atoms with E-state index in [1.807, 2.05) is 35.2 Å². The van der Waals surface area contributed by atoms with Crippen molar-refractivity contribution >= 4 is 6.09 Å². The Bertz CT molecular complexity index is 441.